The molecular weight excluding hydrogens is 282 g/mol. The molecule has 0 saturated carbocycles. The van der Waals surface area contributed by atoms with Gasteiger partial charge in [0.15, 0.2) is 5.82 Å². The minimum absolute atomic E-state index is 0.0976. The molecule has 1 aromatic heterocycles. The molecule has 86 valence electrons. The third kappa shape index (κ3) is 1.86. The molecule has 0 bridgehead atoms. The third-order valence-corrected chi connectivity index (χ3v) is 3.29. The van der Waals surface area contributed by atoms with Crippen LogP contribution < -0.4 is 5.32 Å². The molecule has 5 heteroatoms. The zero-order chi connectivity index (χ0) is 11.8. The number of nitrogens with zero attached hydrogens (tertiary/aromatic N) is 2. The van der Waals surface area contributed by atoms with Gasteiger partial charge in [-0.15, -0.1) is 0 Å². The van der Waals surface area contributed by atoms with Crippen molar-refractivity contribution in [3.8, 4) is 11.3 Å². The van der Waals surface area contributed by atoms with E-state index in [0.717, 1.165) is 22.3 Å². The molecule has 1 N–H and O–H groups in total. The first-order valence-electron chi connectivity index (χ1n) is 5.35. The van der Waals surface area contributed by atoms with Crippen LogP contribution in [0.15, 0.2) is 34.9 Å². The Kier molecular flexibility index (Phi) is 2.48. The number of hydrogen-bond donors (Lipinski definition) is 1. The fourth-order valence-electron chi connectivity index (χ4n) is 1.90. The fraction of sp³-hybridized carbons (Fsp3) is 0.167. The standard InChI is InChI=1S/C12H10BrN3O/c13-9-3-1-8(2-4-9)10-7-16-6-5-14-12(17)11(16)15-10/h1-4,7H,5-6H2,(H,14,17). The van der Waals surface area contributed by atoms with Crippen molar-refractivity contribution >= 4 is 21.8 Å². The van der Waals surface area contributed by atoms with Crippen LogP contribution in [0.1, 0.15) is 10.6 Å². The van der Waals surface area contributed by atoms with Crippen LogP contribution in [0.25, 0.3) is 11.3 Å². The molecule has 2 aromatic rings. The Morgan fingerprint density at radius 3 is 2.76 bits per heavy atom. The van der Waals surface area contributed by atoms with Crippen LogP contribution in [0.5, 0.6) is 0 Å². The Hall–Kier alpha value is -1.62. The number of carbonyl (C=O) groups is 1. The van der Waals surface area contributed by atoms with E-state index in [1.807, 2.05) is 35.0 Å². The average Bonchev–Trinajstić information content (AvgIpc) is 2.75. The zero-order valence-corrected chi connectivity index (χ0v) is 10.6. The summed E-state index contributed by atoms with van der Waals surface area (Å²) in [6, 6.07) is 7.90. The summed E-state index contributed by atoms with van der Waals surface area (Å²) in [6.07, 6.45) is 1.93. The van der Waals surface area contributed by atoms with Gasteiger partial charge in [-0.25, -0.2) is 4.98 Å². The second-order valence-electron chi connectivity index (χ2n) is 3.91. The fourth-order valence-corrected chi connectivity index (χ4v) is 2.16. The lowest BCUT2D eigenvalue weighted by molar-refractivity contribution is 0.0922. The molecule has 0 spiro atoms. The smallest absolute Gasteiger partial charge is 0.287 e. The van der Waals surface area contributed by atoms with Gasteiger partial charge in [0.2, 0.25) is 0 Å². The van der Waals surface area contributed by atoms with Gasteiger partial charge in [0.05, 0.1) is 5.69 Å². The van der Waals surface area contributed by atoms with Gasteiger partial charge in [0, 0.05) is 29.3 Å². The molecule has 0 aliphatic carbocycles. The van der Waals surface area contributed by atoms with E-state index in [-0.39, 0.29) is 5.91 Å². The predicted octanol–water partition coefficient (Wildman–Crippen LogP) is 2.06. The highest BCUT2D eigenvalue weighted by molar-refractivity contribution is 9.10. The van der Waals surface area contributed by atoms with Crippen molar-refractivity contribution < 1.29 is 4.79 Å². The number of amides is 1. The van der Waals surface area contributed by atoms with Crippen molar-refractivity contribution in [2.45, 2.75) is 6.54 Å². The molecule has 1 aromatic carbocycles. The number of imidazole rings is 1. The lowest BCUT2D eigenvalue weighted by atomic mass is 10.2. The second-order valence-corrected chi connectivity index (χ2v) is 4.82. The van der Waals surface area contributed by atoms with Gasteiger partial charge in [0.1, 0.15) is 0 Å². The van der Waals surface area contributed by atoms with Crippen molar-refractivity contribution in [3.05, 3.63) is 40.8 Å². The molecule has 17 heavy (non-hydrogen) atoms. The highest BCUT2D eigenvalue weighted by Gasteiger charge is 2.19. The van der Waals surface area contributed by atoms with Crippen LogP contribution in [-0.2, 0) is 6.54 Å². The van der Waals surface area contributed by atoms with Crippen LogP contribution >= 0.6 is 15.9 Å². The number of rotatable bonds is 1. The molecule has 0 unspecified atom stereocenters. The van der Waals surface area contributed by atoms with Crippen molar-refractivity contribution in [3.63, 3.8) is 0 Å². The first kappa shape index (κ1) is 10.5. The number of halogens is 1. The van der Waals surface area contributed by atoms with Gasteiger partial charge < -0.3 is 9.88 Å². The Balaban J connectivity index is 2.05. The van der Waals surface area contributed by atoms with E-state index in [1.54, 1.807) is 0 Å². The second kappa shape index (κ2) is 4.00. The average molecular weight is 292 g/mol. The normalized spacial score (nSPS) is 14.3. The topological polar surface area (TPSA) is 46.9 Å². The van der Waals surface area contributed by atoms with E-state index in [0.29, 0.717) is 12.4 Å². The van der Waals surface area contributed by atoms with E-state index in [4.69, 9.17) is 0 Å². The van der Waals surface area contributed by atoms with Gasteiger partial charge in [-0.2, -0.15) is 0 Å². The van der Waals surface area contributed by atoms with Crippen LogP contribution in [0.2, 0.25) is 0 Å². The summed E-state index contributed by atoms with van der Waals surface area (Å²) >= 11 is 3.39. The largest absolute Gasteiger partial charge is 0.348 e. The highest BCUT2D eigenvalue weighted by atomic mass is 79.9. The summed E-state index contributed by atoms with van der Waals surface area (Å²) in [7, 11) is 0. The number of nitrogens with one attached hydrogen (secondary N) is 1. The van der Waals surface area contributed by atoms with Crippen LogP contribution in [-0.4, -0.2) is 22.0 Å². The molecule has 1 amide bonds. The molecule has 0 radical (unpaired) electrons. The number of hydrogen-bond acceptors (Lipinski definition) is 2. The SMILES string of the molecule is O=C1NCCn2cc(-c3ccc(Br)cc3)nc21. The van der Waals surface area contributed by atoms with E-state index < -0.39 is 0 Å². The van der Waals surface area contributed by atoms with Gasteiger partial charge in [0.25, 0.3) is 5.91 Å². The third-order valence-electron chi connectivity index (χ3n) is 2.76. The van der Waals surface area contributed by atoms with Crippen molar-refractivity contribution in [1.82, 2.24) is 14.9 Å². The van der Waals surface area contributed by atoms with E-state index in [2.05, 4.69) is 26.2 Å². The molecule has 3 rings (SSSR count). The molecule has 4 nitrogen and oxygen atoms in total. The van der Waals surface area contributed by atoms with Crippen LogP contribution in [0.3, 0.4) is 0 Å². The molecule has 0 fully saturated rings. The van der Waals surface area contributed by atoms with E-state index >= 15 is 0 Å². The summed E-state index contributed by atoms with van der Waals surface area (Å²) < 4.78 is 2.93. The predicted molar refractivity (Wildman–Crippen MR) is 67.7 cm³/mol. The monoisotopic (exact) mass is 291 g/mol. The lowest BCUT2D eigenvalue weighted by Gasteiger charge is -2.13. The van der Waals surface area contributed by atoms with Crippen molar-refractivity contribution in [1.29, 1.82) is 0 Å². The Morgan fingerprint density at radius 1 is 1.29 bits per heavy atom. The van der Waals surface area contributed by atoms with E-state index in [9.17, 15) is 4.79 Å². The minimum atomic E-state index is -0.0976. The highest BCUT2D eigenvalue weighted by Crippen LogP contribution is 2.21. The molecule has 0 saturated heterocycles. The zero-order valence-electron chi connectivity index (χ0n) is 8.98. The summed E-state index contributed by atoms with van der Waals surface area (Å²) in [5.74, 6) is 0.397. The van der Waals surface area contributed by atoms with Gasteiger partial charge in [-0.1, -0.05) is 28.1 Å². The number of fused-ring (bicyclic) bond motifs is 1. The number of carbonyl (C=O) groups excluding carboxylic acids is 1. The summed E-state index contributed by atoms with van der Waals surface area (Å²) in [5, 5.41) is 2.78. The van der Waals surface area contributed by atoms with Crippen molar-refractivity contribution in [2.24, 2.45) is 0 Å². The maximum Gasteiger partial charge on any atom is 0.287 e. The van der Waals surface area contributed by atoms with Gasteiger partial charge >= 0.3 is 0 Å². The van der Waals surface area contributed by atoms with Crippen molar-refractivity contribution in [2.75, 3.05) is 6.54 Å². The molecule has 1 aliphatic heterocycles. The van der Waals surface area contributed by atoms with E-state index in [1.165, 1.54) is 0 Å². The molecular formula is C12H10BrN3O. The Labute approximate surface area is 107 Å². The van der Waals surface area contributed by atoms with Crippen LogP contribution in [0.4, 0.5) is 0 Å². The van der Waals surface area contributed by atoms with Gasteiger partial charge in [-0.05, 0) is 12.1 Å². The maximum atomic E-state index is 11.6. The summed E-state index contributed by atoms with van der Waals surface area (Å²) in [5.41, 5.74) is 1.85. The minimum Gasteiger partial charge on any atom is -0.348 e. The summed E-state index contributed by atoms with van der Waals surface area (Å²) in [6.45, 7) is 1.45. The first-order valence-corrected chi connectivity index (χ1v) is 6.14. The Bertz CT molecular complexity index is 574. The molecule has 1 aliphatic rings. The Morgan fingerprint density at radius 2 is 2.06 bits per heavy atom. The molecule has 0 atom stereocenters. The van der Waals surface area contributed by atoms with Crippen LogP contribution in [0, 0.1) is 0 Å². The molecule has 2 heterocycles. The lowest BCUT2D eigenvalue weighted by Crippen LogP contribution is -2.35. The number of benzene rings is 1. The summed E-state index contributed by atoms with van der Waals surface area (Å²) in [4.78, 5) is 15.9. The van der Waals surface area contributed by atoms with Gasteiger partial charge in [-0.3, -0.25) is 4.79 Å². The maximum absolute atomic E-state index is 11.6. The number of aromatic nitrogens is 2. The quantitative estimate of drug-likeness (QED) is 0.874. The first-order chi connectivity index (χ1) is 8.24.